The Kier molecular flexibility index (Phi) is 7.13. The summed E-state index contributed by atoms with van der Waals surface area (Å²) in [4.78, 5) is 0. The Morgan fingerprint density at radius 2 is 1.73 bits per heavy atom. The third-order valence-electron chi connectivity index (χ3n) is 2.17. The fraction of sp³-hybridized carbons (Fsp3) is 1.00. The van der Waals surface area contributed by atoms with Gasteiger partial charge in [-0.15, -0.1) is 0 Å². The van der Waals surface area contributed by atoms with Crippen LogP contribution in [0.4, 0.5) is 0 Å². The van der Waals surface area contributed by atoms with Gasteiger partial charge in [0.15, 0.2) is 0 Å². The van der Waals surface area contributed by atoms with Crippen molar-refractivity contribution in [1.82, 2.24) is 10.0 Å². The minimum absolute atomic E-state index is 0.233. The summed E-state index contributed by atoms with van der Waals surface area (Å²) in [6.45, 7) is 7.41. The van der Waals surface area contributed by atoms with Crippen molar-refractivity contribution in [2.45, 2.75) is 27.2 Å². The largest absolute Gasteiger partial charge is 0.319 e. The van der Waals surface area contributed by atoms with Crippen LogP contribution in [0.3, 0.4) is 0 Å². The molecule has 0 spiro atoms. The number of hydrogen-bond acceptors (Lipinski definition) is 3. The van der Waals surface area contributed by atoms with Crippen LogP contribution in [0, 0.1) is 11.8 Å². The quantitative estimate of drug-likeness (QED) is 0.655. The molecule has 0 saturated carbocycles. The second-order valence-corrected chi connectivity index (χ2v) is 6.44. The molecular weight excluding hydrogens is 212 g/mol. The fourth-order valence-electron chi connectivity index (χ4n) is 1.15. The van der Waals surface area contributed by atoms with Gasteiger partial charge >= 0.3 is 0 Å². The molecule has 0 aliphatic rings. The maximum atomic E-state index is 11.5. The molecule has 0 fully saturated rings. The highest BCUT2D eigenvalue weighted by molar-refractivity contribution is 7.89. The second-order valence-electron chi connectivity index (χ2n) is 4.51. The van der Waals surface area contributed by atoms with Gasteiger partial charge in [0, 0.05) is 6.54 Å². The normalized spacial score (nSPS) is 14.5. The van der Waals surface area contributed by atoms with Crippen molar-refractivity contribution in [3.8, 4) is 0 Å². The van der Waals surface area contributed by atoms with E-state index in [0.29, 0.717) is 18.4 Å². The van der Waals surface area contributed by atoms with Crippen LogP contribution in [0.2, 0.25) is 0 Å². The van der Waals surface area contributed by atoms with Crippen molar-refractivity contribution in [3.05, 3.63) is 0 Å². The van der Waals surface area contributed by atoms with Crippen LogP contribution in [0.5, 0.6) is 0 Å². The zero-order valence-electron chi connectivity index (χ0n) is 10.2. The maximum Gasteiger partial charge on any atom is 0.211 e. The average molecular weight is 236 g/mol. The summed E-state index contributed by atoms with van der Waals surface area (Å²) in [5.41, 5.74) is 0. The minimum atomic E-state index is -3.07. The lowest BCUT2D eigenvalue weighted by Gasteiger charge is -2.12. The maximum absolute atomic E-state index is 11.5. The molecule has 5 heteroatoms. The van der Waals surface area contributed by atoms with Gasteiger partial charge in [-0.05, 0) is 31.8 Å². The van der Waals surface area contributed by atoms with E-state index >= 15 is 0 Å². The SMILES string of the molecule is CNCC(C)CNS(=O)(=O)CCC(C)C. The molecule has 0 saturated heterocycles. The summed E-state index contributed by atoms with van der Waals surface area (Å²) in [7, 11) is -1.20. The van der Waals surface area contributed by atoms with Gasteiger partial charge in [0.2, 0.25) is 10.0 Å². The van der Waals surface area contributed by atoms with Gasteiger partial charge < -0.3 is 5.32 Å². The Morgan fingerprint density at radius 3 is 2.20 bits per heavy atom. The third-order valence-corrected chi connectivity index (χ3v) is 3.55. The van der Waals surface area contributed by atoms with Gasteiger partial charge in [0.25, 0.3) is 0 Å². The van der Waals surface area contributed by atoms with E-state index < -0.39 is 10.0 Å². The zero-order valence-corrected chi connectivity index (χ0v) is 11.0. The van der Waals surface area contributed by atoms with Crippen LogP contribution in [-0.4, -0.2) is 34.3 Å². The molecule has 0 radical (unpaired) electrons. The van der Waals surface area contributed by atoms with Crippen LogP contribution in [0.25, 0.3) is 0 Å². The molecule has 0 aliphatic heterocycles. The Morgan fingerprint density at radius 1 is 1.13 bits per heavy atom. The van der Waals surface area contributed by atoms with E-state index in [9.17, 15) is 8.42 Å². The molecule has 0 rings (SSSR count). The standard InChI is InChI=1S/C10H24N2O2S/c1-9(2)5-6-15(13,14)12-8-10(3)7-11-4/h9-12H,5-8H2,1-4H3. The molecule has 1 unspecified atom stereocenters. The van der Waals surface area contributed by atoms with E-state index in [1.807, 2.05) is 27.8 Å². The van der Waals surface area contributed by atoms with Crippen molar-refractivity contribution in [2.24, 2.45) is 11.8 Å². The molecule has 0 bridgehead atoms. The lowest BCUT2D eigenvalue weighted by atomic mass is 10.2. The van der Waals surface area contributed by atoms with Gasteiger partial charge in [-0.1, -0.05) is 20.8 Å². The number of rotatable bonds is 8. The van der Waals surface area contributed by atoms with Gasteiger partial charge in [-0.25, -0.2) is 13.1 Å². The molecule has 0 heterocycles. The van der Waals surface area contributed by atoms with Crippen LogP contribution in [0.1, 0.15) is 27.2 Å². The average Bonchev–Trinajstić information content (AvgIpc) is 2.13. The first kappa shape index (κ1) is 14.9. The Labute approximate surface area is 93.9 Å². The van der Waals surface area contributed by atoms with Crippen molar-refractivity contribution >= 4 is 10.0 Å². The molecule has 0 aromatic rings. The lowest BCUT2D eigenvalue weighted by Crippen LogP contribution is -2.33. The molecular formula is C10H24N2O2S. The predicted molar refractivity (Wildman–Crippen MR) is 64.3 cm³/mol. The van der Waals surface area contributed by atoms with Crippen LogP contribution >= 0.6 is 0 Å². The van der Waals surface area contributed by atoms with Crippen LogP contribution in [-0.2, 0) is 10.0 Å². The van der Waals surface area contributed by atoms with E-state index in [4.69, 9.17) is 0 Å². The van der Waals surface area contributed by atoms with Gasteiger partial charge in [-0.2, -0.15) is 0 Å². The molecule has 0 amide bonds. The summed E-state index contributed by atoms with van der Waals surface area (Å²) in [6, 6.07) is 0. The molecule has 2 N–H and O–H groups in total. The summed E-state index contributed by atoms with van der Waals surface area (Å²) >= 11 is 0. The predicted octanol–water partition coefficient (Wildman–Crippen LogP) is 0.807. The highest BCUT2D eigenvalue weighted by Gasteiger charge is 2.12. The Balaban J connectivity index is 3.83. The molecule has 0 aromatic heterocycles. The number of hydrogen-bond donors (Lipinski definition) is 2. The number of nitrogens with one attached hydrogen (secondary N) is 2. The highest BCUT2D eigenvalue weighted by atomic mass is 32.2. The van der Waals surface area contributed by atoms with Gasteiger partial charge in [0.05, 0.1) is 5.75 Å². The van der Waals surface area contributed by atoms with Crippen LogP contribution in [0.15, 0.2) is 0 Å². The van der Waals surface area contributed by atoms with E-state index in [1.54, 1.807) is 0 Å². The zero-order chi connectivity index (χ0) is 11.9. The first-order chi connectivity index (χ1) is 6.87. The highest BCUT2D eigenvalue weighted by Crippen LogP contribution is 2.02. The van der Waals surface area contributed by atoms with Gasteiger partial charge in [-0.3, -0.25) is 0 Å². The summed E-state index contributed by atoms with van der Waals surface area (Å²) < 4.78 is 25.7. The minimum Gasteiger partial charge on any atom is -0.319 e. The van der Waals surface area contributed by atoms with E-state index in [-0.39, 0.29) is 5.75 Å². The molecule has 92 valence electrons. The van der Waals surface area contributed by atoms with Crippen molar-refractivity contribution in [3.63, 3.8) is 0 Å². The summed E-state index contributed by atoms with van der Waals surface area (Å²) in [6.07, 6.45) is 0.718. The Hall–Kier alpha value is -0.130. The summed E-state index contributed by atoms with van der Waals surface area (Å²) in [5.74, 6) is 0.983. The first-order valence-corrected chi connectivity index (χ1v) is 7.14. The smallest absolute Gasteiger partial charge is 0.211 e. The monoisotopic (exact) mass is 236 g/mol. The van der Waals surface area contributed by atoms with Gasteiger partial charge in [0.1, 0.15) is 0 Å². The lowest BCUT2D eigenvalue weighted by molar-refractivity contribution is 0.514. The van der Waals surface area contributed by atoms with Crippen LogP contribution < -0.4 is 10.0 Å². The third kappa shape index (κ3) is 8.84. The fourth-order valence-corrected chi connectivity index (χ4v) is 2.62. The first-order valence-electron chi connectivity index (χ1n) is 5.49. The molecule has 1 atom stereocenters. The number of sulfonamides is 1. The molecule has 4 nitrogen and oxygen atoms in total. The Bertz CT molecular complexity index is 250. The molecule has 0 aromatic carbocycles. The van der Waals surface area contributed by atoms with Crippen molar-refractivity contribution < 1.29 is 8.42 Å². The van der Waals surface area contributed by atoms with Crippen molar-refractivity contribution in [1.29, 1.82) is 0 Å². The topological polar surface area (TPSA) is 58.2 Å². The molecule has 0 aliphatic carbocycles. The van der Waals surface area contributed by atoms with E-state index in [0.717, 1.165) is 13.0 Å². The molecule has 15 heavy (non-hydrogen) atoms. The summed E-state index contributed by atoms with van der Waals surface area (Å²) in [5, 5.41) is 3.02. The second kappa shape index (κ2) is 7.19. The van der Waals surface area contributed by atoms with Crippen molar-refractivity contribution in [2.75, 3.05) is 25.9 Å². The van der Waals surface area contributed by atoms with E-state index in [1.165, 1.54) is 0 Å². The van der Waals surface area contributed by atoms with E-state index in [2.05, 4.69) is 10.0 Å².